The third kappa shape index (κ3) is 1.78. The van der Waals surface area contributed by atoms with Crippen LogP contribution in [0.5, 0.6) is 5.75 Å². The van der Waals surface area contributed by atoms with Gasteiger partial charge in [0.15, 0.2) is 5.69 Å². The average molecular weight is 273 g/mol. The summed E-state index contributed by atoms with van der Waals surface area (Å²) in [6, 6.07) is 5.12. The molecule has 0 bridgehead atoms. The molecule has 0 atom stereocenters. The number of carbonyl (C=O) groups excluding carboxylic acids is 2. The Morgan fingerprint density at radius 3 is 3.00 bits per heavy atom. The Kier molecular flexibility index (Phi) is 2.63. The van der Waals surface area contributed by atoms with Crippen molar-refractivity contribution in [1.29, 1.82) is 0 Å². The smallest absolute Gasteiger partial charge is 0.271 e. The molecule has 1 aliphatic heterocycles. The topological polar surface area (TPSA) is 112 Å². The monoisotopic (exact) mass is 273 g/mol. The normalized spacial score (nSPS) is 12.9. The van der Waals surface area contributed by atoms with Crippen LogP contribution in [0, 0.1) is 0 Å². The molecule has 0 aliphatic carbocycles. The summed E-state index contributed by atoms with van der Waals surface area (Å²) < 4.78 is 6.58. The van der Waals surface area contributed by atoms with Crippen molar-refractivity contribution < 1.29 is 14.3 Å². The molecule has 1 aromatic carbocycles. The minimum atomic E-state index is -0.717. The molecule has 3 N–H and O–H groups in total. The number of anilines is 1. The van der Waals surface area contributed by atoms with Gasteiger partial charge in [0.05, 0.1) is 30.6 Å². The molecular formula is C12H11N5O3. The van der Waals surface area contributed by atoms with E-state index < -0.39 is 5.91 Å². The third-order valence-electron chi connectivity index (χ3n) is 3.03. The number of rotatable bonds is 2. The Hall–Kier alpha value is -2.90. The van der Waals surface area contributed by atoms with E-state index in [-0.39, 0.29) is 18.0 Å². The minimum Gasteiger partial charge on any atom is -0.497 e. The van der Waals surface area contributed by atoms with Gasteiger partial charge in [-0.15, -0.1) is 5.10 Å². The van der Waals surface area contributed by atoms with Gasteiger partial charge >= 0.3 is 0 Å². The van der Waals surface area contributed by atoms with Crippen LogP contribution >= 0.6 is 0 Å². The van der Waals surface area contributed by atoms with Crippen LogP contribution in [0.25, 0.3) is 5.69 Å². The molecule has 102 valence electrons. The lowest BCUT2D eigenvalue weighted by Gasteiger charge is -2.09. The van der Waals surface area contributed by atoms with Crippen molar-refractivity contribution in [3.8, 4) is 11.4 Å². The van der Waals surface area contributed by atoms with Gasteiger partial charge in [-0.25, -0.2) is 4.68 Å². The van der Waals surface area contributed by atoms with E-state index in [9.17, 15) is 9.59 Å². The lowest BCUT2D eigenvalue weighted by molar-refractivity contribution is -0.115. The predicted octanol–water partition coefficient (Wildman–Crippen LogP) is -0.131. The molecule has 2 amide bonds. The Bertz CT molecular complexity index is 722. The number of fused-ring (bicyclic) bond motifs is 3. The molecule has 2 aromatic rings. The molecule has 1 aliphatic rings. The van der Waals surface area contributed by atoms with Gasteiger partial charge in [-0.1, -0.05) is 5.21 Å². The number of hydrogen-bond acceptors (Lipinski definition) is 5. The summed E-state index contributed by atoms with van der Waals surface area (Å²) in [6.45, 7) is 0. The third-order valence-corrected chi connectivity index (χ3v) is 3.03. The maximum Gasteiger partial charge on any atom is 0.271 e. The molecule has 3 rings (SSSR count). The average Bonchev–Trinajstić information content (AvgIpc) is 2.77. The highest BCUT2D eigenvalue weighted by atomic mass is 16.5. The fourth-order valence-electron chi connectivity index (χ4n) is 2.11. The number of nitrogens with two attached hydrogens (primary N) is 1. The highest BCUT2D eigenvalue weighted by Gasteiger charge is 2.26. The van der Waals surface area contributed by atoms with Crippen LogP contribution in [0.2, 0.25) is 0 Å². The van der Waals surface area contributed by atoms with Crippen LogP contribution in [-0.4, -0.2) is 33.9 Å². The van der Waals surface area contributed by atoms with Gasteiger partial charge in [0.2, 0.25) is 5.91 Å². The van der Waals surface area contributed by atoms with Gasteiger partial charge in [-0.05, 0) is 12.1 Å². The van der Waals surface area contributed by atoms with Crippen LogP contribution < -0.4 is 15.8 Å². The largest absolute Gasteiger partial charge is 0.497 e. The molecule has 0 saturated carbocycles. The van der Waals surface area contributed by atoms with E-state index in [2.05, 4.69) is 15.6 Å². The van der Waals surface area contributed by atoms with Gasteiger partial charge in [0.1, 0.15) is 5.75 Å². The van der Waals surface area contributed by atoms with E-state index in [1.165, 1.54) is 11.8 Å². The fourth-order valence-corrected chi connectivity index (χ4v) is 2.11. The summed E-state index contributed by atoms with van der Waals surface area (Å²) in [5, 5.41) is 10.4. The van der Waals surface area contributed by atoms with Crippen LogP contribution in [-0.2, 0) is 11.2 Å². The molecule has 1 aromatic heterocycles. The Morgan fingerprint density at radius 1 is 1.50 bits per heavy atom. The van der Waals surface area contributed by atoms with Crippen molar-refractivity contribution in [1.82, 2.24) is 15.0 Å². The van der Waals surface area contributed by atoms with E-state index in [4.69, 9.17) is 10.5 Å². The number of amides is 2. The summed E-state index contributed by atoms with van der Waals surface area (Å²) in [5.41, 5.74) is 6.74. The molecule has 8 nitrogen and oxygen atoms in total. The molecule has 0 unspecified atom stereocenters. The first kappa shape index (κ1) is 12.2. The van der Waals surface area contributed by atoms with Crippen molar-refractivity contribution in [2.24, 2.45) is 5.73 Å². The summed E-state index contributed by atoms with van der Waals surface area (Å²) in [4.78, 5) is 23.2. The zero-order valence-corrected chi connectivity index (χ0v) is 10.6. The standard InChI is InChI=1S/C12H11N5O3/c1-20-6-2-3-7-8(4-6)17-9(5-10(18)14-7)11(12(13)19)15-16-17/h2-4H,5H2,1H3,(H2,13,19)(H,14,18). The lowest BCUT2D eigenvalue weighted by atomic mass is 10.2. The predicted molar refractivity (Wildman–Crippen MR) is 68.8 cm³/mol. The molecule has 0 saturated heterocycles. The maximum absolute atomic E-state index is 11.9. The Morgan fingerprint density at radius 2 is 2.30 bits per heavy atom. The molecular weight excluding hydrogens is 262 g/mol. The van der Waals surface area contributed by atoms with Crippen LogP contribution in [0.3, 0.4) is 0 Å². The summed E-state index contributed by atoms with van der Waals surface area (Å²) in [5.74, 6) is -0.382. The number of methoxy groups -OCH3 is 1. The highest BCUT2D eigenvalue weighted by molar-refractivity contribution is 5.99. The van der Waals surface area contributed by atoms with Crippen molar-refractivity contribution >= 4 is 17.5 Å². The highest BCUT2D eigenvalue weighted by Crippen LogP contribution is 2.29. The van der Waals surface area contributed by atoms with Gasteiger partial charge < -0.3 is 15.8 Å². The zero-order valence-electron chi connectivity index (χ0n) is 10.6. The number of nitrogens with one attached hydrogen (secondary N) is 1. The SMILES string of the molecule is COc1ccc2c(c1)-n1nnc(C(N)=O)c1CC(=O)N2. The number of hydrogen-bond donors (Lipinski definition) is 2. The second kappa shape index (κ2) is 4.34. The van der Waals surface area contributed by atoms with Crippen molar-refractivity contribution in [2.75, 3.05) is 12.4 Å². The van der Waals surface area contributed by atoms with E-state index in [0.29, 0.717) is 22.8 Å². The number of nitrogens with zero attached hydrogens (tertiary/aromatic N) is 3. The lowest BCUT2D eigenvalue weighted by Crippen LogP contribution is -2.18. The Balaban J connectivity index is 2.26. The van der Waals surface area contributed by atoms with E-state index in [1.807, 2.05) is 0 Å². The number of carbonyl (C=O) groups is 2. The number of benzene rings is 1. The number of aromatic nitrogens is 3. The number of ether oxygens (including phenoxy) is 1. The van der Waals surface area contributed by atoms with Gasteiger partial charge in [0, 0.05) is 6.07 Å². The first-order valence-corrected chi connectivity index (χ1v) is 5.83. The molecule has 0 fully saturated rings. The summed E-state index contributed by atoms with van der Waals surface area (Å²) in [6.07, 6.45) is -0.0255. The van der Waals surface area contributed by atoms with Gasteiger partial charge in [-0.2, -0.15) is 0 Å². The van der Waals surface area contributed by atoms with Crippen molar-refractivity contribution in [2.45, 2.75) is 6.42 Å². The van der Waals surface area contributed by atoms with E-state index >= 15 is 0 Å². The van der Waals surface area contributed by atoms with Crippen molar-refractivity contribution in [3.63, 3.8) is 0 Å². The van der Waals surface area contributed by atoms with Crippen molar-refractivity contribution in [3.05, 3.63) is 29.6 Å². The first-order valence-electron chi connectivity index (χ1n) is 5.83. The summed E-state index contributed by atoms with van der Waals surface area (Å²) >= 11 is 0. The second-order valence-corrected chi connectivity index (χ2v) is 4.27. The quantitative estimate of drug-likeness (QED) is 0.791. The maximum atomic E-state index is 11.9. The van der Waals surface area contributed by atoms with Crippen LogP contribution in [0.1, 0.15) is 16.2 Å². The molecule has 8 heteroatoms. The van der Waals surface area contributed by atoms with Crippen LogP contribution in [0.4, 0.5) is 5.69 Å². The van der Waals surface area contributed by atoms with E-state index in [0.717, 1.165) is 0 Å². The summed E-state index contributed by atoms with van der Waals surface area (Å²) in [7, 11) is 1.54. The first-order chi connectivity index (χ1) is 9.60. The van der Waals surface area contributed by atoms with Gasteiger partial charge in [0.25, 0.3) is 5.91 Å². The molecule has 20 heavy (non-hydrogen) atoms. The zero-order chi connectivity index (χ0) is 14.3. The van der Waals surface area contributed by atoms with Gasteiger partial charge in [-0.3, -0.25) is 9.59 Å². The molecule has 0 spiro atoms. The fraction of sp³-hybridized carbons (Fsp3) is 0.167. The molecule has 0 radical (unpaired) electrons. The van der Waals surface area contributed by atoms with E-state index in [1.54, 1.807) is 18.2 Å². The van der Waals surface area contributed by atoms with Crippen LogP contribution in [0.15, 0.2) is 18.2 Å². The minimum absolute atomic E-state index is 0.00387. The number of primary amides is 1. The Labute approximate surface area is 113 Å². The second-order valence-electron chi connectivity index (χ2n) is 4.27. The molecule has 2 heterocycles.